The Hall–Kier alpha value is -0.610. The largest absolute Gasteiger partial charge is 0.393 e. The topological polar surface area (TPSA) is 66.6 Å². The molecule has 1 aliphatic rings. The Morgan fingerprint density at radius 2 is 2.21 bits per heavy atom. The maximum absolute atomic E-state index is 10.8. The number of carbonyl (C=O) groups excluding carboxylic acids is 1. The van der Waals surface area contributed by atoms with Crippen LogP contribution >= 0.6 is 0 Å². The van der Waals surface area contributed by atoms with Crippen LogP contribution in [0.15, 0.2) is 0 Å². The van der Waals surface area contributed by atoms with E-state index in [1.165, 1.54) is 0 Å². The van der Waals surface area contributed by atoms with Crippen LogP contribution in [0.4, 0.5) is 0 Å². The maximum Gasteiger partial charge on any atom is 0.221 e. The molecule has 1 fully saturated rings. The standard InChI is InChI=1S/C10H20N2O2/c1-7(10(11)14)5-12(2)6-8-3-9(13)4-8/h7-9,13H,3-6H2,1-2H3,(H2,11,14). The van der Waals surface area contributed by atoms with Crippen molar-refractivity contribution >= 4 is 5.91 Å². The number of primary amides is 1. The van der Waals surface area contributed by atoms with Crippen molar-refractivity contribution in [3.05, 3.63) is 0 Å². The van der Waals surface area contributed by atoms with Gasteiger partial charge in [-0.15, -0.1) is 0 Å². The summed E-state index contributed by atoms with van der Waals surface area (Å²) >= 11 is 0. The molecule has 0 bridgehead atoms. The van der Waals surface area contributed by atoms with Gasteiger partial charge in [-0.3, -0.25) is 4.79 Å². The number of rotatable bonds is 5. The second-order valence-corrected chi connectivity index (χ2v) is 4.52. The summed E-state index contributed by atoms with van der Waals surface area (Å²) in [5.41, 5.74) is 5.18. The van der Waals surface area contributed by atoms with Gasteiger partial charge in [0.1, 0.15) is 0 Å². The van der Waals surface area contributed by atoms with E-state index in [0.29, 0.717) is 12.5 Å². The lowest BCUT2D eigenvalue weighted by molar-refractivity contribution is -0.121. The molecule has 1 atom stereocenters. The highest BCUT2D eigenvalue weighted by Gasteiger charge is 2.28. The van der Waals surface area contributed by atoms with Crippen LogP contribution in [-0.2, 0) is 4.79 Å². The third kappa shape index (κ3) is 3.27. The summed E-state index contributed by atoms with van der Waals surface area (Å²) in [6, 6.07) is 0. The predicted molar refractivity (Wildman–Crippen MR) is 54.6 cm³/mol. The lowest BCUT2D eigenvalue weighted by Gasteiger charge is -2.34. The van der Waals surface area contributed by atoms with Crippen LogP contribution in [0.1, 0.15) is 19.8 Å². The molecule has 0 heterocycles. The predicted octanol–water partition coefficient (Wildman–Crippen LogP) is -0.189. The number of aliphatic hydroxyl groups is 1. The summed E-state index contributed by atoms with van der Waals surface area (Å²) in [4.78, 5) is 12.9. The Balaban J connectivity index is 2.15. The smallest absolute Gasteiger partial charge is 0.221 e. The first-order valence-corrected chi connectivity index (χ1v) is 5.15. The van der Waals surface area contributed by atoms with E-state index in [4.69, 9.17) is 10.8 Å². The van der Waals surface area contributed by atoms with Crippen LogP contribution < -0.4 is 5.73 Å². The van der Waals surface area contributed by atoms with E-state index in [1.54, 1.807) is 0 Å². The molecule has 1 rings (SSSR count). The Morgan fingerprint density at radius 3 is 2.64 bits per heavy atom. The molecular formula is C10H20N2O2. The molecule has 0 spiro atoms. The molecule has 0 aromatic rings. The Morgan fingerprint density at radius 1 is 1.64 bits per heavy atom. The zero-order valence-corrected chi connectivity index (χ0v) is 8.94. The Kier molecular flexibility index (Phi) is 3.89. The van der Waals surface area contributed by atoms with E-state index >= 15 is 0 Å². The van der Waals surface area contributed by atoms with Gasteiger partial charge in [0.15, 0.2) is 0 Å². The first-order chi connectivity index (χ1) is 6.49. The minimum atomic E-state index is -0.245. The number of hydrogen-bond donors (Lipinski definition) is 2. The van der Waals surface area contributed by atoms with E-state index in [0.717, 1.165) is 19.4 Å². The summed E-state index contributed by atoms with van der Waals surface area (Å²) in [6.07, 6.45) is 1.70. The minimum Gasteiger partial charge on any atom is -0.393 e. The van der Waals surface area contributed by atoms with Gasteiger partial charge >= 0.3 is 0 Å². The van der Waals surface area contributed by atoms with Gasteiger partial charge in [0, 0.05) is 19.0 Å². The first kappa shape index (κ1) is 11.5. The molecule has 4 nitrogen and oxygen atoms in total. The monoisotopic (exact) mass is 200 g/mol. The number of nitrogens with zero attached hydrogens (tertiary/aromatic N) is 1. The summed E-state index contributed by atoms with van der Waals surface area (Å²) in [5, 5.41) is 9.11. The lowest BCUT2D eigenvalue weighted by Crippen LogP contribution is -2.40. The van der Waals surface area contributed by atoms with Crippen molar-refractivity contribution in [2.75, 3.05) is 20.1 Å². The molecule has 1 saturated carbocycles. The van der Waals surface area contributed by atoms with Crippen molar-refractivity contribution < 1.29 is 9.90 Å². The van der Waals surface area contributed by atoms with Gasteiger partial charge < -0.3 is 15.7 Å². The Bertz CT molecular complexity index is 202. The first-order valence-electron chi connectivity index (χ1n) is 5.15. The van der Waals surface area contributed by atoms with E-state index < -0.39 is 0 Å². The summed E-state index contributed by atoms with van der Waals surface area (Å²) < 4.78 is 0. The molecule has 3 N–H and O–H groups in total. The molecule has 0 aromatic heterocycles. The molecule has 82 valence electrons. The molecule has 0 saturated heterocycles. The van der Waals surface area contributed by atoms with Gasteiger partial charge in [0.05, 0.1) is 6.10 Å². The van der Waals surface area contributed by atoms with Crippen LogP contribution in [0.25, 0.3) is 0 Å². The second-order valence-electron chi connectivity index (χ2n) is 4.52. The van der Waals surface area contributed by atoms with Gasteiger partial charge in [-0.1, -0.05) is 6.92 Å². The molecule has 4 heteroatoms. The number of amides is 1. The van der Waals surface area contributed by atoms with Gasteiger partial charge in [0.25, 0.3) is 0 Å². The number of nitrogens with two attached hydrogens (primary N) is 1. The van der Waals surface area contributed by atoms with E-state index in [2.05, 4.69) is 4.90 Å². The zero-order valence-electron chi connectivity index (χ0n) is 8.94. The van der Waals surface area contributed by atoms with Crippen LogP contribution in [0.5, 0.6) is 0 Å². The van der Waals surface area contributed by atoms with Crippen molar-refractivity contribution in [3.8, 4) is 0 Å². The summed E-state index contributed by atoms with van der Waals surface area (Å²) in [7, 11) is 1.99. The fraction of sp³-hybridized carbons (Fsp3) is 0.900. The normalized spacial score (nSPS) is 28.6. The van der Waals surface area contributed by atoms with Crippen molar-refractivity contribution in [1.82, 2.24) is 4.90 Å². The van der Waals surface area contributed by atoms with Gasteiger partial charge in [-0.25, -0.2) is 0 Å². The maximum atomic E-state index is 10.8. The second kappa shape index (κ2) is 4.75. The van der Waals surface area contributed by atoms with Crippen LogP contribution in [0.3, 0.4) is 0 Å². The molecule has 0 radical (unpaired) electrons. The van der Waals surface area contributed by atoms with Crippen LogP contribution in [-0.4, -0.2) is 42.2 Å². The third-order valence-corrected chi connectivity index (χ3v) is 2.85. The van der Waals surface area contributed by atoms with E-state index in [9.17, 15) is 4.79 Å². The average Bonchev–Trinajstić information content (AvgIpc) is 2.01. The molecular weight excluding hydrogens is 180 g/mol. The van der Waals surface area contributed by atoms with Crippen LogP contribution in [0, 0.1) is 11.8 Å². The van der Waals surface area contributed by atoms with Gasteiger partial charge in [-0.2, -0.15) is 0 Å². The van der Waals surface area contributed by atoms with Gasteiger partial charge in [0.2, 0.25) is 5.91 Å². The minimum absolute atomic E-state index is 0.0926. The van der Waals surface area contributed by atoms with Crippen LogP contribution in [0.2, 0.25) is 0 Å². The summed E-state index contributed by atoms with van der Waals surface area (Å²) in [6.45, 7) is 3.51. The van der Waals surface area contributed by atoms with Gasteiger partial charge in [-0.05, 0) is 25.8 Å². The lowest BCUT2D eigenvalue weighted by atomic mass is 9.82. The molecule has 14 heavy (non-hydrogen) atoms. The van der Waals surface area contributed by atoms with Crippen molar-refractivity contribution in [3.63, 3.8) is 0 Å². The molecule has 1 unspecified atom stereocenters. The fourth-order valence-corrected chi connectivity index (χ4v) is 1.92. The highest BCUT2D eigenvalue weighted by atomic mass is 16.3. The highest BCUT2D eigenvalue weighted by Crippen LogP contribution is 2.27. The zero-order chi connectivity index (χ0) is 10.7. The molecule has 1 amide bonds. The van der Waals surface area contributed by atoms with Crippen molar-refractivity contribution in [1.29, 1.82) is 0 Å². The number of aliphatic hydroxyl groups excluding tert-OH is 1. The molecule has 0 aliphatic heterocycles. The molecule has 1 aliphatic carbocycles. The fourth-order valence-electron chi connectivity index (χ4n) is 1.92. The van der Waals surface area contributed by atoms with E-state index in [-0.39, 0.29) is 17.9 Å². The third-order valence-electron chi connectivity index (χ3n) is 2.85. The SMILES string of the molecule is CC(CN(C)CC1CC(O)C1)C(N)=O. The highest BCUT2D eigenvalue weighted by molar-refractivity contribution is 5.76. The number of carbonyl (C=O) groups is 1. The molecule has 0 aromatic carbocycles. The van der Waals surface area contributed by atoms with Crippen molar-refractivity contribution in [2.45, 2.75) is 25.9 Å². The van der Waals surface area contributed by atoms with Crippen molar-refractivity contribution in [2.24, 2.45) is 17.6 Å². The Labute approximate surface area is 85.1 Å². The summed E-state index contributed by atoms with van der Waals surface area (Å²) in [5.74, 6) is 0.255. The van der Waals surface area contributed by atoms with E-state index in [1.807, 2.05) is 14.0 Å². The number of hydrogen-bond acceptors (Lipinski definition) is 3. The average molecular weight is 200 g/mol. The quantitative estimate of drug-likeness (QED) is 0.646.